The van der Waals surface area contributed by atoms with E-state index in [2.05, 4.69) is 10.3 Å². The molecule has 4 rings (SSSR count). The zero-order chi connectivity index (χ0) is 18.3. The monoisotopic (exact) mass is 391 g/mol. The Balaban J connectivity index is 1.76. The van der Waals surface area contributed by atoms with Crippen LogP contribution in [0.3, 0.4) is 0 Å². The molecule has 0 saturated heterocycles. The molecule has 9 heteroatoms. The number of nitrogens with one attached hydrogen (secondary N) is 1. The first-order valence-electron chi connectivity index (χ1n) is 7.85. The minimum atomic E-state index is -3.49. The number of furan rings is 1. The zero-order valence-electron chi connectivity index (χ0n) is 13.5. The van der Waals surface area contributed by atoms with Gasteiger partial charge in [0.1, 0.15) is 17.1 Å². The number of hydrogen-bond donors (Lipinski definition) is 1. The van der Waals surface area contributed by atoms with Crippen LogP contribution in [0.4, 0.5) is 0 Å². The molecule has 0 saturated carbocycles. The van der Waals surface area contributed by atoms with Gasteiger partial charge in [-0.05, 0) is 24.3 Å². The number of carbonyl (C=O) groups excluding carboxylic acids is 1. The van der Waals surface area contributed by atoms with Crippen molar-refractivity contribution in [2.75, 3.05) is 5.75 Å². The second-order valence-corrected chi connectivity index (χ2v) is 8.27. The van der Waals surface area contributed by atoms with Crippen LogP contribution in [-0.2, 0) is 22.9 Å². The van der Waals surface area contributed by atoms with Crippen molar-refractivity contribution in [1.29, 1.82) is 0 Å². The van der Waals surface area contributed by atoms with E-state index in [-0.39, 0.29) is 29.7 Å². The highest BCUT2D eigenvalue weighted by atomic mass is 35.5. The zero-order valence-corrected chi connectivity index (χ0v) is 15.0. The van der Waals surface area contributed by atoms with Gasteiger partial charge in [0.2, 0.25) is 15.0 Å². The molecular weight excluding hydrogens is 378 g/mol. The lowest BCUT2D eigenvalue weighted by atomic mass is 10.1. The average molecular weight is 392 g/mol. The molecule has 26 heavy (non-hydrogen) atoms. The van der Waals surface area contributed by atoms with E-state index < -0.39 is 15.7 Å². The van der Waals surface area contributed by atoms with Gasteiger partial charge in [-0.1, -0.05) is 23.7 Å². The molecule has 7 nitrogen and oxygen atoms in total. The predicted octanol–water partition coefficient (Wildman–Crippen LogP) is 2.51. The van der Waals surface area contributed by atoms with Crippen molar-refractivity contribution in [2.45, 2.75) is 18.2 Å². The topological polar surface area (TPSA) is 94.2 Å². The molecule has 1 aliphatic heterocycles. The highest BCUT2D eigenvalue weighted by Gasteiger charge is 2.35. The van der Waals surface area contributed by atoms with Gasteiger partial charge in [-0.3, -0.25) is 4.79 Å². The Kier molecular flexibility index (Phi) is 4.08. The Labute approximate surface area is 154 Å². The van der Waals surface area contributed by atoms with Gasteiger partial charge in [-0.2, -0.15) is 0 Å². The fourth-order valence-corrected chi connectivity index (χ4v) is 4.36. The molecule has 3 aromatic rings. The lowest BCUT2D eigenvalue weighted by molar-refractivity contribution is 0.0939. The summed E-state index contributed by atoms with van der Waals surface area (Å²) in [6.07, 6.45) is 1.52. The average Bonchev–Trinajstić information content (AvgIpc) is 3.31. The van der Waals surface area contributed by atoms with Gasteiger partial charge >= 0.3 is 0 Å². The van der Waals surface area contributed by atoms with Crippen LogP contribution in [-0.4, -0.2) is 29.6 Å². The van der Waals surface area contributed by atoms with Crippen LogP contribution >= 0.6 is 11.6 Å². The third-order valence-electron chi connectivity index (χ3n) is 4.13. The molecule has 1 amide bonds. The maximum absolute atomic E-state index is 12.8. The molecule has 134 valence electrons. The van der Waals surface area contributed by atoms with Gasteiger partial charge in [0.25, 0.3) is 5.91 Å². The number of benzene rings is 1. The van der Waals surface area contributed by atoms with E-state index in [1.165, 1.54) is 10.8 Å². The van der Waals surface area contributed by atoms with Crippen LogP contribution < -0.4 is 5.32 Å². The Morgan fingerprint density at radius 3 is 2.73 bits per heavy atom. The van der Waals surface area contributed by atoms with E-state index in [1.54, 1.807) is 36.4 Å². The van der Waals surface area contributed by atoms with Crippen molar-refractivity contribution >= 4 is 27.3 Å². The second kappa shape index (κ2) is 6.30. The quantitative estimate of drug-likeness (QED) is 0.737. The summed E-state index contributed by atoms with van der Waals surface area (Å²) in [5.41, 5.74) is 1.15. The molecule has 2 aromatic heterocycles. The number of carbonyl (C=O) groups is 1. The van der Waals surface area contributed by atoms with Crippen molar-refractivity contribution in [3.63, 3.8) is 0 Å². The molecule has 1 aromatic carbocycles. The molecule has 0 spiro atoms. The van der Waals surface area contributed by atoms with E-state index in [1.807, 2.05) is 0 Å². The van der Waals surface area contributed by atoms with Gasteiger partial charge in [-0.25, -0.2) is 13.4 Å². The summed E-state index contributed by atoms with van der Waals surface area (Å²) in [6.45, 7) is 0.390. The van der Waals surface area contributed by atoms with E-state index in [0.717, 1.165) is 0 Å². The minimum Gasteiger partial charge on any atom is -0.467 e. The molecule has 0 aliphatic carbocycles. The summed E-state index contributed by atoms with van der Waals surface area (Å²) in [6, 6.07) is 10.2. The fraction of sp³-hybridized carbons (Fsp3) is 0.176. The van der Waals surface area contributed by atoms with E-state index in [9.17, 15) is 13.2 Å². The fourth-order valence-electron chi connectivity index (χ4n) is 2.88. The molecule has 1 aliphatic rings. The molecule has 0 atom stereocenters. The van der Waals surface area contributed by atoms with Gasteiger partial charge < -0.3 is 14.3 Å². The van der Waals surface area contributed by atoms with Crippen molar-refractivity contribution in [2.24, 2.45) is 0 Å². The maximum Gasteiger partial charge on any atom is 0.270 e. The van der Waals surface area contributed by atoms with Crippen LogP contribution in [0, 0.1) is 0 Å². The Bertz CT molecular complexity index is 1070. The molecule has 1 N–H and O–H groups in total. The first kappa shape index (κ1) is 16.9. The smallest absolute Gasteiger partial charge is 0.270 e. The molecule has 0 fully saturated rings. The number of rotatable bonds is 4. The molecule has 3 heterocycles. The number of sulfone groups is 1. The third kappa shape index (κ3) is 2.91. The standard InChI is InChI=1S/C17H14ClN3O4S/c18-12-5-3-11(4-6-12)14-15(16(22)19-10-13-2-1-8-25-13)21-7-9-26(23,24)17(21)20-14/h1-6,8H,7,9-10H2,(H,19,22). The van der Waals surface area contributed by atoms with Gasteiger partial charge in [0.05, 0.1) is 18.6 Å². The Morgan fingerprint density at radius 2 is 2.04 bits per heavy atom. The third-order valence-corrected chi connectivity index (χ3v) is 5.97. The number of imidazole rings is 1. The van der Waals surface area contributed by atoms with Crippen molar-refractivity contribution in [1.82, 2.24) is 14.9 Å². The summed E-state index contributed by atoms with van der Waals surface area (Å²) in [5, 5.41) is 3.21. The molecule has 0 radical (unpaired) electrons. The van der Waals surface area contributed by atoms with Crippen molar-refractivity contribution < 1.29 is 17.6 Å². The van der Waals surface area contributed by atoms with Crippen LogP contribution in [0.5, 0.6) is 0 Å². The molecule has 0 bridgehead atoms. The summed E-state index contributed by atoms with van der Waals surface area (Å²) in [5.74, 6) is 0.122. The van der Waals surface area contributed by atoms with Crippen LogP contribution in [0.2, 0.25) is 5.02 Å². The normalized spacial score (nSPS) is 15.0. The summed E-state index contributed by atoms with van der Waals surface area (Å²) >= 11 is 5.92. The van der Waals surface area contributed by atoms with E-state index >= 15 is 0 Å². The summed E-state index contributed by atoms with van der Waals surface area (Å²) < 4.78 is 31.1. The van der Waals surface area contributed by atoms with Crippen LogP contribution in [0.15, 0.2) is 52.2 Å². The molecule has 0 unspecified atom stereocenters. The first-order valence-corrected chi connectivity index (χ1v) is 9.88. The second-order valence-electron chi connectivity index (χ2n) is 5.83. The van der Waals surface area contributed by atoms with Crippen molar-refractivity contribution in [3.05, 3.63) is 59.1 Å². The molecular formula is C17H14ClN3O4S. The number of hydrogen-bond acceptors (Lipinski definition) is 5. The highest BCUT2D eigenvalue weighted by Crippen LogP contribution is 2.31. The number of fused-ring (bicyclic) bond motifs is 1. The number of halogens is 1. The van der Waals surface area contributed by atoms with Crippen LogP contribution in [0.25, 0.3) is 11.3 Å². The summed E-state index contributed by atoms with van der Waals surface area (Å²) in [7, 11) is -3.49. The lowest BCUT2D eigenvalue weighted by Crippen LogP contribution is -2.25. The number of amides is 1. The predicted molar refractivity (Wildman–Crippen MR) is 94.6 cm³/mol. The van der Waals surface area contributed by atoms with Crippen LogP contribution in [0.1, 0.15) is 16.2 Å². The summed E-state index contributed by atoms with van der Waals surface area (Å²) in [4.78, 5) is 17.1. The van der Waals surface area contributed by atoms with Gasteiger partial charge in [-0.15, -0.1) is 0 Å². The number of nitrogens with zero attached hydrogens (tertiary/aromatic N) is 2. The maximum atomic E-state index is 12.8. The van der Waals surface area contributed by atoms with E-state index in [0.29, 0.717) is 22.0 Å². The van der Waals surface area contributed by atoms with E-state index in [4.69, 9.17) is 16.0 Å². The highest BCUT2D eigenvalue weighted by molar-refractivity contribution is 7.91. The lowest BCUT2D eigenvalue weighted by Gasteiger charge is -2.08. The Morgan fingerprint density at radius 1 is 1.27 bits per heavy atom. The Hall–Kier alpha value is -2.58. The van der Waals surface area contributed by atoms with Gasteiger partial charge in [0.15, 0.2) is 0 Å². The van der Waals surface area contributed by atoms with Crippen molar-refractivity contribution in [3.8, 4) is 11.3 Å². The first-order chi connectivity index (χ1) is 12.5. The largest absolute Gasteiger partial charge is 0.467 e. The van der Waals surface area contributed by atoms with Gasteiger partial charge in [0, 0.05) is 17.1 Å². The number of aromatic nitrogens is 2. The minimum absolute atomic E-state index is 0.0608. The SMILES string of the molecule is O=C(NCc1ccco1)c1c(-c2ccc(Cl)cc2)nc2n1CCS2(=O)=O.